The van der Waals surface area contributed by atoms with Gasteiger partial charge in [-0.05, 0) is 43.5 Å². The van der Waals surface area contributed by atoms with Crippen LogP contribution >= 0.6 is 23.2 Å². The van der Waals surface area contributed by atoms with Crippen molar-refractivity contribution >= 4 is 46.4 Å². The highest BCUT2D eigenvalue weighted by Crippen LogP contribution is 2.28. The number of amides is 2. The lowest BCUT2D eigenvalue weighted by Gasteiger charge is -2.23. The summed E-state index contributed by atoms with van der Waals surface area (Å²) in [6, 6.07) is 14.9. The van der Waals surface area contributed by atoms with Crippen molar-refractivity contribution < 1.29 is 9.59 Å². The Balaban J connectivity index is 1.86. The topological polar surface area (TPSA) is 61.4 Å². The number of halogens is 2. The van der Waals surface area contributed by atoms with Gasteiger partial charge in [0, 0.05) is 24.5 Å². The van der Waals surface area contributed by atoms with E-state index in [1.165, 1.54) is 0 Å². The summed E-state index contributed by atoms with van der Waals surface area (Å²) < 4.78 is 0. The predicted octanol–water partition coefficient (Wildman–Crippen LogP) is 4.52. The zero-order chi connectivity index (χ0) is 20.1. The molecule has 2 aromatic rings. The second kappa shape index (κ2) is 9.30. The van der Waals surface area contributed by atoms with Gasteiger partial charge in [-0.1, -0.05) is 53.5 Å². The van der Waals surface area contributed by atoms with E-state index in [0.29, 0.717) is 11.3 Å². The van der Waals surface area contributed by atoms with Crippen LogP contribution in [-0.2, 0) is 4.79 Å². The molecule has 2 aromatic carbocycles. The number of nitrogens with zero attached hydrogens (tertiary/aromatic N) is 1. The summed E-state index contributed by atoms with van der Waals surface area (Å²) in [5.74, 6) is -0.719. The quantitative estimate of drug-likeness (QED) is 0.676. The van der Waals surface area contributed by atoms with Crippen molar-refractivity contribution in [2.45, 2.75) is 30.6 Å². The molecule has 0 aromatic heterocycles. The second-order valence-corrected chi connectivity index (χ2v) is 7.92. The van der Waals surface area contributed by atoms with Crippen LogP contribution in [0.2, 0.25) is 0 Å². The lowest BCUT2D eigenvalue weighted by molar-refractivity contribution is -0.114. The van der Waals surface area contributed by atoms with Gasteiger partial charge in [0.1, 0.15) is 0 Å². The molecule has 1 atom stereocenters. The van der Waals surface area contributed by atoms with Gasteiger partial charge in [-0.3, -0.25) is 9.59 Å². The SMILES string of the molecule is C[C@H](NC(=O)c1cc(NC(=O)C(Cl)Cl)ccc1N1CCCC1)c1ccccc1. The maximum absolute atomic E-state index is 13.1. The zero-order valence-electron chi connectivity index (χ0n) is 15.6. The monoisotopic (exact) mass is 419 g/mol. The molecule has 5 nitrogen and oxygen atoms in total. The molecule has 28 heavy (non-hydrogen) atoms. The first kappa shape index (κ1) is 20.5. The van der Waals surface area contributed by atoms with Gasteiger partial charge in [0.05, 0.1) is 11.6 Å². The van der Waals surface area contributed by atoms with E-state index in [2.05, 4.69) is 15.5 Å². The number of benzene rings is 2. The van der Waals surface area contributed by atoms with Crippen LogP contribution < -0.4 is 15.5 Å². The first-order valence-electron chi connectivity index (χ1n) is 9.29. The molecular formula is C21H23Cl2N3O2. The van der Waals surface area contributed by atoms with Crippen LogP contribution in [0.5, 0.6) is 0 Å². The van der Waals surface area contributed by atoms with Crippen LogP contribution in [0.25, 0.3) is 0 Å². The number of rotatable bonds is 6. The lowest BCUT2D eigenvalue weighted by atomic mass is 10.1. The van der Waals surface area contributed by atoms with Gasteiger partial charge in [0.2, 0.25) is 0 Å². The van der Waals surface area contributed by atoms with Crippen LogP contribution in [0.4, 0.5) is 11.4 Å². The molecule has 0 radical (unpaired) electrons. The highest BCUT2D eigenvalue weighted by Gasteiger charge is 2.22. The van der Waals surface area contributed by atoms with Crippen molar-refractivity contribution in [1.82, 2.24) is 5.32 Å². The molecule has 0 saturated carbocycles. The van der Waals surface area contributed by atoms with Crippen molar-refractivity contribution in [2.24, 2.45) is 0 Å². The number of hydrogen-bond donors (Lipinski definition) is 2. The molecule has 0 spiro atoms. The Kier molecular flexibility index (Phi) is 6.81. The number of nitrogens with one attached hydrogen (secondary N) is 2. The van der Waals surface area contributed by atoms with Crippen LogP contribution in [0.1, 0.15) is 41.7 Å². The summed E-state index contributed by atoms with van der Waals surface area (Å²) in [6.45, 7) is 3.76. The van der Waals surface area contributed by atoms with Crippen molar-refractivity contribution in [3.8, 4) is 0 Å². The molecule has 1 aliphatic heterocycles. The summed E-state index contributed by atoms with van der Waals surface area (Å²) in [5.41, 5.74) is 2.89. The van der Waals surface area contributed by atoms with Gasteiger partial charge >= 0.3 is 0 Å². The Morgan fingerprint density at radius 1 is 1.04 bits per heavy atom. The smallest absolute Gasteiger partial charge is 0.257 e. The molecule has 1 aliphatic rings. The number of alkyl halides is 2. The summed E-state index contributed by atoms with van der Waals surface area (Å²) in [6.07, 6.45) is 2.19. The number of anilines is 2. The van der Waals surface area contributed by atoms with E-state index < -0.39 is 10.7 Å². The van der Waals surface area contributed by atoms with Gasteiger partial charge in [0.15, 0.2) is 4.84 Å². The number of hydrogen-bond acceptors (Lipinski definition) is 3. The molecule has 1 fully saturated rings. The number of carbonyl (C=O) groups excluding carboxylic acids is 2. The molecule has 0 bridgehead atoms. The average molecular weight is 420 g/mol. The summed E-state index contributed by atoms with van der Waals surface area (Å²) in [5, 5.41) is 5.69. The van der Waals surface area contributed by atoms with Crippen LogP contribution in [0.15, 0.2) is 48.5 Å². The van der Waals surface area contributed by atoms with Crippen LogP contribution in [0.3, 0.4) is 0 Å². The van der Waals surface area contributed by atoms with E-state index in [0.717, 1.165) is 37.2 Å². The number of carbonyl (C=O) groups is 2. The minimum absolute atomic E-state index is 0.145. The third kappa shape index (κ3) is 4.97. The van der Waals surface area contributed by atoms with E-state index in [4.69, 9.17) is 23.2 Å². The summed E-state index contributed by atoms with van der Waals surface area (Å²) in [4.78, 5) is 25.9. The molecule has 148 valence electrons. The van der Waals surface area contributed by atoms with E-state index >= 15 is 0 Å². The molecule has 2 N–H and O–H groups in total. The highest BCUT2D eigenvalue weighted by molar-refractivity contribution is 6.54. The molecule has 0 unspecified atom stereocenters. The summed E-state index contributed by atoms with van der Waals surface area (Å²) in [7, 11) is 0. The zero-order valence-corrected chi connectivity index (χ0v) is 17.1. The van der Waals surface area contributed by atoms with Crippen LogP contribution in [-0.4, -0.2) is 29.7 Å². The fraction of sp³-hybridized carbons (Fsp3) is 0.333. The van der Waals surface area contributed by atoms with Gasteiger partial charge in [0.25, 0.3) is 11.8 Å². The Morgan fingerprint density at radius 3 is 2.36 bits per heavy atom. The first-order valence-corrected chi connectivity index (χ1v) is 10.2. The maximum atomic E-state index is 13.1. The largest absolute Gasteiger partial charge is 0.371 e. The van der Waals surface area contributed by atoms with Gasteiger partial charge in [-0.25, -0.2) is 0 Å². The fourth-order valence-electron chi connectivity index (χ4n) is 3.33. The molecule has 3 rings (SSSR count). The van der Waals surface area contributed by atoms with E-state index in [1.54, 1.807) is 12.1 Å². The molecule has 7 heteroatoms. The Bertz CT molecular complexity index is 837. The van der Waals surface area contributed by atoms with Crippen molar-refractivity contribution in [3.05, 3.63) is 59.7 Å². The molecular weight excluding hydrogens is 397 g/mol. The molecule has 1 heterocycles. The standard InChI is InChI=1S/C21H23Cl2N3O2/c1-14(15-7-3-2-4-8-15)24-20(27)17-13-16(25-21(28)19(22)23)9-10-18(17)26-11-5-6-12-26/h2-4,7-10,13-14,19H,5-6,11-12H2,1H3,(H,24,27)(H,25,28)/t14-/m0/s1. The third-order valence-electron chi connectivity index (χ3n) is 4.80. The van der Waals surface area contributed by atoms with E-state index in [-0.39, 0.29) is 11.9 Å². The van der Waals surface area contributed by atoms with Crippen LogP contribution in [0, 0.1) is 0 Å². The van der Waals surface area contributed by atoms with Gasteiger partial charge in [-0.15, -0.1) is 0 Å². The normalized spacial score (nSPS) is 14.8. The summed E-state index contributed by atoms with van der Waals surface area (Å²) >= 11 is 11.2. The van der Waals surface area contributed by atoms with Gasteiger partial charge in [-0.2, -0.15) is 0 Å². The minimum Gasteiger partial charge on any atom is -0.371 e. The van der Waals surface area contributed by atoms with Crippen molar-refractivity contribution in [2.75, 3.05) is 23.3 Å². The van der Waals surface area contributed by atoms with E-state index in [9.17, 15) is 9.59 Å². The first-order chi connectivity index (χ1) is 13.5. The van der Waals surface area contributed by atoms with Crippen molar-refractivity contribution in [3.63, 3.8) is 0 Å². The molecule has 2 amide bonds. The van der Waals surface area contributed by atoms with Crippen molar-refractivity contribution in [1.29, 1.82) is 0 Å². The average Bonchev–Trinajstić information content (AvgIpc) is 3.23. The fourth-order valence-corrected chi connectivity index (χ4v) is 3.43. The lowest BCUT2D eigenvalue weighted by Crippen LogP contribution is -2.30. The Hall–Kier alpha value is -2.24. The van der Waals surface area contributed by atoms with Gasteiger partial charge < -0.3 is 15.5 Å². The predicted molar refractivity (Wildman–Crippen MR) is 114 cm³/mol. The Labute approximate surface area is 175 Å². The molecule has 1 saturated heterocycles. The third-order valence-corrected chi connectivity index (χ3v) is 5.20. The highest BCUT2D eigenvalue weighted by atomic mass is 35.5. The molecule has 0 aliphatic carbocycles. The second-order valence-electron chi connectivity index (χ2n) is 6.82. The maximum Gasteiger partial charge on any atom is 0.257 e. The van der Waals surface area contributed by atoms with E-state index in [1.807, 2.05) is 43.3 Å². The Morgan fingerprint density at radius 2 is 1.71 bits per heavy atom. The minimum atomic E-state index is -1.17.